The molecule has 1 unspecified atom stereocenters. The zero-order valence-electron chi connectivity index (χ0n) is 15.5. The molecule has 1 saturated heterocycles. The van der Waals surface area contributed by atoms with Crippen LogP contribution in [0.5, 0.6) is 0 Å². The summed E-state index contributed by atoms with van der Waals surface area (Å²) in [5, 5.41) is 6.42. The lowest BCUT2D eigenvalue weighted by atomic mass is 10.2. The van der Waals surface area contributed by atoms with E-state index in [1.165, 1.54) is 0 Å². The van der Waals surface area contributed by atoms with E-state index in [-0.39, 0.29) is 11.9 Å². The van der Waals surface area contributed by atoms with Crippen LogP contribution in [0.2, 0.25) is 0 Å². The van der Waals surface area contributed by atoms with Crippen molar-refractivity contribution in [2.24, 2.45) is 4.99 Å². The first-order valence-corrected chi connectivity index (χ1v) is 10.1. The highest BCUT2D eigenvalue weighted by atomic mass is 32.1. The summed E-state index contributed by atoms with van der Waals surface area (Å²) in [4.78, 5) is 19.8. The SMILES string of the molecule is CCC(=O)N1CCC(n2c(-c3ccoc3)csc2=Nc2cnn(CC)c2)C1. The van der Waals surface area contributed by atoms with Gasteiger partial charge in [-0.3, -0.25) is 9.48 Å². The largest absolute Gasteiger partial charge is 0.472 e. The number of hydrogen-bond donors (Lipinski definition) is 0. The third kappa shape index (κ3) is 3.49. The van der Waals surface area contributed by atoms with Gasteiger partial charge in [0.2, 0.25) is 5.91 Å². The molecule has 142 valence electrons. The van der Waals surface area contributed by atoms with Crippen LogP contribution in [0.3, 0.4) is 0 Å². The number of furan rings is 1. The molecule has 0 saturated carbocycles. The van der Waals surface area contributed by atoms with Crippen molar-refractivity contribution in [1.82, 2.24) is 19.2 Å². The summed E-state index contributed by atoms with van der Waals surface area (Å²) in [5.41, 5.74) is 2.94. The van der Waals surface area contributed by atoms with E-state index in [1.54, 1.807) is 30.1 Å². The van der Waals surface area contributed by atoms with Crippen molar-refractivity contribution in [1.29, 1.82) is 0 Å². The quantitative estimate of drug-likeness (QED) is 0.676. The van der Waals surface area contributed by atoms with Gasteiger partial charge >= 0.3 is 0 Å². The van der Waals surface area contributed by atoms with Crippen molar-refractivity contribution in [3.05, 3.63) is 41.2 Å². The molecule has 1 atom stereocenters. The average molecular weight is 385 g/mol. The minimum atomic E-state index is 0.205. The van der Waals surface area contributed by atoms with Crippen LogP contribution in [-0.2, 0) is 11.3 Å². The Balaban J connectivity index is 1.75. The molecule has 1 aliphatic rings. The summed E-state index contributed by atoms with van der Waals surface area (Å²) in [6, 6.07) is 2.16. The fraction of sp³-hybridized carbons (Fsp3) is 0.421. The van der Waals surface area contributed by atoms with E-state index in [1.807, 2.05) is 28.8 Å². The first-order valence-electron chi connectivity index (χ1n) is 9.27. The lowest BCUT2D eigenvalue weighted by molar-refractivity contribution is -0.129. The van der Waals surface area contributed by atoms with E-state index < -0.39 is 0 Å². The van der Waals surface area contributed by atoms with Crippen LogP contribution in [0.1, 0.15) is 32.7 Å². The van der Waals surface area contributed by atoms with E-state index in [0.717, 1.165) is 47.8 Å². The predicted molar refractivity (Wildman–Crippen MR) is 104 cm³/mol. The molecule has 3 aromatic heterocycles. The summed E-state index contributed by atoms with van der Waals surface area (Å²) < 4.78 is 9.41. The molecule has 0 aliphatic carbocycles. The maximum absolute atomic E-state index is 12.1. The highest BCUT2D eigenvalue weighted by Gasteiger charge is 2.29. The van der Waals surface area contributed by atoms with Crippen LogP contribution in [0.15, 0.2) is 45.8 Å². The molecule has 27 heavy (non-hydrogen) atoms. The number of nitrogens with zero attached hydrogens (tertiary/aromatic N) is 5. The molecular weight excluding hydrogens is 362 g/mol. The lowest BCUT2D eigenvalue weighted by Gasteiger charge is -2.18. The van der Waals surface area contributed by atoms with Gasteiger partial charge in [-0.25, -0.2) is 4.99 Å². The highest BCUT2D eigenvalue weighted by Crippen LogP contribution is 2.29. The fourth-order valence-corrected chi connectivity index (χ4v) is 4.46. The second-order valence-corrected chi connectivity index (χ2v) is 7.42. The number of aromatic nitrogens is 3. The van der Waals surface area contributed by atoms with Crippen LogP contribution >= 0.6 is 11.3 Å². The van der Waals surface area contributed by atoms with Crippen LogP contribution in [0.25, 0.3) is 11.3 Å². The minimum absolute atomic E-state index is 0.205. The summed E-state index contributed by atoms with van der Waals surface area (Å²) in [7, 11) is 0. The molecule has 0 radical (unpaired) electrons. The van der Waals surface area contributed by atoms with Crippen LogP contribution in [-0.4, -0.2) is 38.2 Å². The second kappa shape index (κ2) is 7.56. The van der Waals surface area contributed by atoms with E-state index in [4.69, 9.17) is 9.41 Å². The van der Waals surface area contributed by atoms with E-state index in [9.17, 15) is 4.79 Å². The van der Waals surface area contributed by atoms with Crippen LogP contribution in [0.4, 0.5) is 5.69 Å². The number of amides is 1. The number of carbonyl (C=O) groups excluding carboxylic acids is 1. The van der Waals surface area contributed by atoms with Crippen molar-refractivity contribution in [2.75, 3.05) is 13.1 Å². The van der Waals surface area contributed by atoms with Gasteiger partial charge in [-0.15, -0.1) is 11.3 Å². The average Bonchev–Trinajstić information content (AvgIpc) is 3.46. The van der Waals surface area contributed by atoms with Crippen molar-refractivity contribution in [3.63, 3.8) is 0 Å². The van der Waals surface area contributed by atoms with Gasteiger partial charge in [0.1, 0.15) is 5.69 Å². The second-order valence-electron chi connectivity index (χ2n) is 6.59. The number of likely N-dealkylation sites (tertiary alicyclic amines) is 1. The van der Waals surface area contributed by atoms with Gasteiger partial charge in [-0.05, 0) is 19.4 Å². The fourth-order valence-electron chi connectivity index (χ4n) is 3.47. The van der Waals surface area contributed by atoms with Gasteiger partial charge in [0, 0.05) is 37.0 Å². The number of rotatable bonds is 5. The van der Waals surface area contributed by atoms with E-state index in [0.29, 0.717) is 6.42 Å². The maximum atomic E-state index is 12.1. The Morgan fingerprint density at radius 2 is 2.33 bits per heavy atom. The van der Waals surface area contributed by atoms with E-state index >= 15 is 0 Å². The zero-order valence-corrected chi connectivity index (χ0v) is 16.4. The van der Waals surface area contributed by atoms with E-state index in [2.05, 4.69) is 22.0 Å². The zero-order chi connectivity index (χ0) is 18.8. The summed E-state index contributed by atoms with van der Waals surface area (Å²) in [6.45, 7) is 6.29. The molecule has 8 heteroatoms. The standard InChI is InChI=1S/C19H23N5O2S/c1-3-18(25)22-7-5-16(11-22)24-17(14-6-8-26-12-14)13-27-19(24)21-15-9-20-23(4-2)10-15/h6,8-10,12-13,16H,3-5,7,11H2,1-2H3. The summed E-state index contributed by atoms with van der Waals surface area (Å²) in [5.74, 6) is 0.209. The molecule has 0 bridgehead atoms. The van der Waals surface area contributed by atoms with Crippen molar-refractivity contribution >= 4 is 22.9 Å². The topological polar surface area (TPSA) is 68.6 Å². The van der Waals surface area contributed by atoms with Crippen molar-refractivity contribution < 1.29 is 9.21 Å². The molecular formula is C19H23N5O2S. The third-order valence-electron chi connectivity index (χ3n) is 4.91. The highest BCUT2D eigenvalue weighted by molar-refractivity contribution is 7.07. The number of thiazole rings is 1. The molecule has 1 amide bonds. The molecule has 0 aromatic carbocycles. The Morgan fingerprint density at radius 3 is 3.04 bits per heavy atom. The Labute approximate surface area is 161 Å². The molecule has 1 aliphatic heterocycles. The normalized spacial score (nSPS) is 17.8. The Bertz CT molecular complexity index is 982. The number of carbonyl (C=O) groups is 1. The summed E-state index contributed by atoms with van der Waals surface area (Å²) in [6.07, 6.45) is 8.63. The molecule has 7 nitrogen and oxygen atoms in total. The van der Waals surface area contributed by atoms with Gasteiger partial charge in [0.15, 0.2) is 4.80 Å². The van der Waals surface area contributed by atoms with Gasteiger partial charge < -0.3 is 13.9 Å². The first kappa shape index (κ1) is 17.8. The van der Waals surface area contributed by atoms with Gasteiger partial charge in [0.25, 0.3) is 0 Å². The molecule has 3 aromatic rings. The van der Waals surface area contributed by atoms with Gasteiger partial charge in [-0.1, -0.05) is 6.92 Å². The van der Waals surface area contributed by atoms with Gasteiger partial charge in [0.05, 0.1) is 36.7 Å². The van der Waals surface area contributed by atoms with Crippen LogP contribution < -0.4 is 4.80 Å². The molecule has 4 rings (SSSR count). The molecule has 0 spiro atoms. The number of hydrogen-bond acceptors (Lipinski definition) is 5. The predicted octanol–water partition coefficient (Wildman–Crippen LogP) is 3.44. The van der Waals surface area contributed by atoms with Crippen molar-refractivity contribution in [2.45, 2.75) is 39.3 Å². The minimum Gasteiger partial charge on any atom is -0.472 e. The maximum Gasteiger partial charge on any atom is 0.222 e. The third-order valence-corrected chi connectivity index (χ3v) is 5.75. The summed E-state index contributed by atoms with van der Waals surface area (Å²) >= 11 is 1.60. The number of aryl methyl sites for hydroxylation is 1. The van der Waals surface area contributed by atoms with Gasteiger partial charge in [-0.2, -0.15) is 5.10 Å². The Kier molecular flexibility index (Phi) is 4.98. The Hall–Kier alpha value is -2.61. The molecule has 4 heterocycles. The van der Waals surface area contributed by atoms with Crippen LogP contribution in [0, 0.1) is 0 Å². The lowest BCUT2D eigenvalue weighted by Crippen LogP contribution is -2.30. The molecule has 0 N–H and O–H groups in total. The first-order chi connectivity index (χ1) is 13.2. The molecule has 1 fully saturated rings. The smallest absolute Gasteiger partial charge is 0.222 e. The monoisotopic (exact) mass is 385 g/mol. The Morgan fingerprint density at radius 1 is 1.44 bits per heavy atom. The van der Waals surface area contributed by atoms with Crippen molar-refractivity contribution in [3.8, 4) is 11.3 Å².